The van der Waals surface area contributed by atoms with Crippen LogP contribution in [0.2, 0.25) is 19.6 Å². The summed E-state index contributed by atoms with van der Waals surface area (Å²) in [4.78, 5) is 0. The van der Waals surface area contributed by atoms with E-state index in [1.807, 2.05) is 58.0 Å². The summed E-state index contributed by atoms with van der Waals surface area (Å²) >= 11 is 0. The molecule has 0 amide bonds. The molecule has 0 saturated carbocycles. The van der Waals surface area contributed by atoms with Crippen molar-refractivity contribution in [2.45, 2.75) is 59.5 Å². The normalized spacial score (nSPS) is 12.2. The second-order valence-corrected chi connectivity index (χ2v) is 13.4. The molecule has 0 aliphatic carbocycles. The molecule has 1 aromatic carbocycles. The van der Waals surface area contributed by atoms with Crippen LogP contribution in [-0.2, 0) is 13.6 Å². The third-order valence-electron chi connectivity index (χ3n) is 2.47. The zero-order chi connectivity index (χ0) is 17.7. The second kappa shape index (κ2) is 8.17. The first-order valence-electron chi connectivity index (χ1n) is 7.89. The first kappa shape index (κ1) is 20.0. The van der Waals surface area contributed by atoms with E-state index in [4.69, 9.17) is 9.05 Å². The molecule has 0 aromatic heterocycles. The van der Waals surface area contributed by atoms with E-state index in [9.17, 15) is 4.57 Å². The number of hydrogen-bond donors (Lipinski definition) is 0. The third-order valence-corrected chi connectivity index (χ3v) is 5.53. The molecule has 0 saturated heterocycles. The van der Waals surface area contributed by atoms with Crippen LogP contribution in [0, 0.1) is 11.6 Å². The quantitative estimate of drug-likeness (QED) is 0.301. The molecule has 0 N–H and O–H groups in total. The molecule has 6 heteroatoms. The van der Waals surface area contributed by atoms with Gasteiger partial charge in [-0.15, -0.1) is 5.54 Å². The van der Waals surface area contributed by atoms with Gasteiger partial charge >= 0.3 is 7.75 Å². The molecule has 0 unspecified atom stereocenters. The summed E-state index contributed by atoms with van der Waals surface area (Å²) in [6, 6.07) is 12.5. The van der Waals surface area contributed by atoms with E-state index in [2.05, 4.69) is 31.2 Å². The first-order chi connectivity index (χ1) is 10.5. The van der Waals surface area contributed by atoms with Crippen molar-refractivity contribution < 1.29 is 13.6 Å². The van der Waals surface area contributed by atoms with Gasteiger partial charge in [-0.05, 0) is 39.8 Å². The number of anilines is 1. The summed E-state index contributed by atoms with van der Waals surface area (Å²) in [5.41, 5.74) is 3.97. The fraction of sp³-hybridized carbons (Fsp3) is 0.529. The Morgan fingerprint density at radius 3 is 1.87 bits per heavy atom. The molecule has 23 heavy (non-hydrogen) atoms. The zero-order valence-corrected chi connectivity index (χ0v) is 17.1. The number of hydrogen-bond acceptors (Lipinski definition) is 3. The van der Waals surface area contributed by atoms with Crippen LogP contribution in [0.3, 0.4) is 0 Å². The van der Waals surface area contributed by atoms with Crippen molar-refractivity contribution in [1.82, 2.24) is 0 Å². The molecular formula is C17H28NO3PSi. The Labute approximate surface area is 141 Å². The number of para-hydroxylation sites is 1. The van der Waals surface area contributed by atoms with E-state index >= 15 is 0 Å². The largest absolute Gasteiger partial charge is 0.447 e. The topological polar surface area (TPSA) is 38.8 Å². The van der Waals surface area contributed by atoms with E-state index in [0.29, 0.717) is 5.69 Å². The maximum Gasteiger partial charge on any atom is 0.447 e. The lowest BCUT2D eigenvalue weighted by Crippen LogP contribution is -2.24. The standard InChI is InChI=1S/C17H28NO3PSi/c1-15(2)20-22(19,21-16(3)4)18(13-14-23(5,6)7)17-11-9-8-10-12-17/h8-12,15-16H,1-7H3. The molecule has 0 aliphatic heterocycles. The summed E-state index contributed by atoms with van der Waals surface area (Å²) in [7, 11) is -5.21. The lowest BCUT2D eigenvalue weighted by Gasteiger charge is -2.30. The van der Waals surface area contributed by atoms with E-state index < -0.39 is 15.8 Å². The first-order valence-corrected chi connectivity index (χ1v) is 12.9. The van der Waals surface area contributed by atoms with Crippen molar-refractivity contribution in [2.24, 2.45) is 0 Å². The summed E-state index contributed by atoms with van der Waals surface area (Å²) in [6.45, 7) is 13.8. The van der Waals surface area contributed by atoms with Gasteiger partial charge in [0, 0.05) is 6.04 Å². The monoisotopic (exact) mass is 353 g/mol. The van der Waals surface area contributed by atoms with Crippen LogP contribution < -0.4 is 4.67 Å². The molecule has 4 nitrogen and oxygen atoms in total. The molecule has 0 fully saturated rings. The summed E-state index contributed by atoms with van der Waals surface area (Å²) in [5.74, 6) is 0. The molecule has 1 rings (SSSR count). The Morgan fingerprint density at radius 2 is 1.48 bits per heavy atom. The third kappa shape index (κ3) is 6.93. The van der Waals surface area contributed by atoms with Crippen LogP contribution in [-0.4, -0.2) is 20.3 Å². The van der Waals surface area contributed by atoms with E-state index in [-0.39, 0.29) is 12.2 Å². The molecule has 0 atom stereocenters. The summed E-state index contributed by atoms with van der Waals surface area (Å²) in [5, 5.41) is 0. The average molecular weight is 353 g/mol. The highest BCUT2D eigenvalue weighted by Crippen LogP contribution is 2.55. The van der Waals surface area contributed by atoms with E-state index in [1.54, 1.807) is 0 Å². The van der Waals surface area contributed by atoms with Gasteiger partial charge in [0.2, 0.25) is 0 Å². The second-order valence-electron chi connectivity index (χ2n) is 6.91. The Hall–Kier alpha value is -1.05. The van der Waals surface area contributed by atoms with Crippen LogP contribution in [0.25, 0.3) is 0 Å². The minimum atomic E-state index is -3.57. The van der Waals surface area contributed by atoms with Crippen LogP contribution in [0.5, 0.6) is 0 Å². The van der Waals surface area contributed by atoms with Gasteiger partial charge < -0.3 is 0 Å². The predicted molar refractivity (Wildman–Crippen MR) is 100 cm³/mol. The molecule has 0 bridgehead atoms. The maximum absolute atomic E-state index is 13.4. The van der Waals surface area contributed by atoms with Crippen molar-refractivity contribution in [2.75, 3.05) is 4.67 Å². The van der Waals surface area contributed by atoms with Gasteiger partial charge in [-0.3, -0.25) is 9.05 Å². The SMILES string of the molecule is CC(C)OP(=O)(OC(C)C)N(C#C[Si](C)(C)C)c1ccccc1. The number of rotatable bonds is 6. The van der Waals surface area contributed by atoms with E-state index in [1.165, 1.54) is 4.67 Å². The van der Waals surface area contributed by atoms with E-state index in [0.717, 1.165) is 0 Å². The van der Waals surface area contributed by atoms with Crippen molar-refractivity contribution in [3.63, 3.8) is 0 Å². The number of nitrogens with zero attached hydrogens (tertiary/aromatic N) is 1. The van der Waals surface area contributed by atoms with Crippen LogP contribution in [0.1, 0.15) is 27.7 Å². The Balaban J connectivity index is 3.38. The molecule has 128 valence electrons. The van der Waals surface area contributed by atoms with Crippen LogP contribution in [0.15, 0.2) is 30.3 Å². The maximum atomic E-state index is 13.4. The molecule has 0 aliphatic rings. The van der Waals surface area contributed by atoms with Crippen LogP contribution in [0.4, 0.5) is 5.69 Å². The summed E-state index contributed by atoms with van der Waals surface area (Å²) < 4.78 is 26.3. The predicted octanol–water partition coefficient (Wildman–Crippen LogP) is 5.29. The smallest absolute Gasteiger partial charge is 0.289 e. The van der Waals surface area contributed by atoms with Crippen molar-refractivity contribution in [1.29, 1.82) is 0 Å². The zero-order valence-electron chi connectivity index (χ0n) is 15.2. The number of benzene rings is 1. The molecule has 0 radical (unpaired) electrons. The lowest BCUT2D eigenvalue weighted by atomic mass is 10.3. The highest BCUT2D eigenvalue weighted by Gasteiger charge is 2.36. The molecule has 1 aromatic rings. The van der Waals surface area contributed by atoms with Crippen LogP contribution >= 0.6 is 7.75 Å². The Morgan fingerprint density at radius 1 is 1.00 bits per heavy atom. The highest BCUT2D eigenvalue weighted by atomic mass is 31.2. The lowest BCUT2D eigenvalue weighted by molar-refractivity contribution is 0.142. The van der Waals surface area contributed by atoms with Gasteiger partial charge in [0.15, 0.2) is 0 Å². The minimum absolute atomic E-state index is 0.237. The molecule has 0 spiro atoms. The van der Waals surface area contributed by atoms with Crippen molar-refractivity contribution in [3.8, 4) is 11.6 Å². The fourth-order valence-corrected chi connectivity index (χ4v) is 4.14. The minimum Gasteiger partial charge on any atom is -0.289 e. The van der Waals surface area contributed by atoms with Crippen molar-refractivity contribution in [3.05, 3.63) is 30.3 Å². The molecule has 0 heterocycles. The molecular weight excluding hydrogens is 325 g/mol. The average Bonchev–Trinajstić information content (AvgIpc) is 2.36. The van der Waals surface area contributed by atoms with Crippen molar-refractivity contribution >= 4 is 21.5 Å². The highest BCUT2D eigenvalue weighted by molar-refractivity contribution is 7.56. The van der Waals surface area contributed by atoms with Gasteiger partial charge in [0.25, 0.3) is 0 Å². The van der Waals surface area contributed by atoms with Gasteiger partial charge in [0.1, 0.15) is 8.07 Å². The summed E-state index contributed by atoms with van der Waals surface area (Å²) in [6.07, 6.45) is -0.473. The van der Waals surface area contributed by atoms with Gasteiger partial charge in [0.05, 0.1) is 17.9 Å². The van der Waals surface area contributed by atoms with Gasteiger partial charge in [-0.1, -0.05) is 37.8 Å². The fourth-order valence-electron chi connectivity index (χ4n) is 1.71. The Bertz CT molecular complexity index is 586. The Kier molecular flexibility index (Phi) is 7.10. The van der Waals surface area contributed by atoms with Gasteiger partial charge in [-0.2, -0.15) is 0 Å². The van der Waals surface area contributed by atoms with Gasteiger partial charge in [-0.25, -0.2) is 9.24 Å².